The van der Waals surface area contributed by atoms with Crippen LogP contribution in [0.2, 0.25) is 0 Å². The first-order valence-electron chi connectivity index (χ1n) is 6.12. The molecule has 0 aromatic carbocycles. The number of allylic oxidation sites excluding steroid dienone is 5. The first-order valence-corrected chi connectivity index (χ1v) is 6.12. The van der Waals surface area contributed by atoms with E-state index < -0.39 is 0 Å². The maximum atomic E-state index is 3.75. The fourth-order valence-electron chi connectivity index (χ4n) is 0.960. The second-order valence-electron chi connectivity index (χ2n) is 2.34. The Hall–Kier alpha value is -1.24. The fraction of sp³-hybridized carbons (Fsp3) is 0.467. The monoisotopic (exact) mass is 223 g/mol. The van der Waals surface area contributed by atoms with Crippen molar-refractivity contribution in [3.05, 3.63) is 48.7 Å². The van der Waals surface area contributed by atoms with Crippen molar-refractivity contribution in [2.45, 2.75) is 41.0 Å². The Morgan fingerprint density at radius 1 is 1.12 bits per heavy atom. The summed E-state index contributed by atoms with van der Waals surface area (Å²) in [6, 6.07) is 0. The Labute approximate surface area is 103 Å². The molecule has 94 valence electrons. The fourth-order valence-corrected chi connectivity index (χ4v) is 0.960. The molecule has 0 aliphatic heterocycles. The molecule has 0 spiro atoms. The van der Waals surface area contributed by atoms with Crippen LogP contribution in [0.1, 0.15) is 41.0 Å². The molecule has 0 fully saturated rings. The second-order valence-corrected chi connectivity index (χ2v) is 2.34. The van der Waals surface area contributed by atoms with Crippen LogP contribution in [0, 0.1) is 0 Å². The zero-order valence-electron chi connectivity index (χ0n) is 11.9. The number of hydrogen-bond donors (Lipinski definition) is 1. The van der Waals surface area contributed by atoms with Gasteiger partial charge in [0.1, 0.15) is 0 Å². The van der Waals surface area contributed by atoms with Gasteiger partial charge >= 0.3 is 0 Å². The third kappa shape index (κ3) is 10.8. The van der Waals surface area contributed by atoms with E-state index in [1.54, 1.807) is 6.08 Å². The number of nitrogens with one attached hydrogen (secondary N) is 1. The maximum absolute atomic E-state index is 3.75. The van der Waals surface area contributed by atoms with Crippen LogP contribution in [0.4, 0.5) is 0 Å². The predicted octanol–water partition coefficient (Wildman–Crippen LogP) is 4.85. The van der Waals surface area contributed by atoms with E-state index in [0.717, 1.165) is 12.1 Å². The van der Waals surface area contributed by atoms with Gasteiger partial charge in [0.15, 0.2) is 0 Å². The average Bonchev–Trinajstić information content (AvgIpc) is 2.39. The molecule has 0 aliphatic carbocycles. The topological polar surface area (TPSA) is 12.0 Å². The molecule has 0 radical (unpaired) electrons. The van der Waals surface area contributed by atoms with Gasteiger partial charge in [0, 0.05) is 12.7 Å². The van der Waals surface area contributed by atoms with Crippen molar-refractivity contribution in [1.82, 2.24) is 5.32 Å². The van der Waals surface area contributed by atoms with Crippen LogP contribution in [0.3, 0.4) is 0 Å². The summed E-state index contributed by atoms with van der Waals surface area (Å²) in [5.74, 6) is 0. The molecule has 1 N–H and O–H groups in total. The molecular formula is C15H29N. The lowest BCUT2D eigenvalue weighted by atomic mass is 10.1. The van der Waals surface area contributed by atoms with E-state index in [9.17, 15) is 0 Å². The molecule has 0 heterocycles. The predicted molar refractivity (Wildman–Crippen MR) is 78.6 cm³/mol. The van der Waals surface area contributed by atoms with Gasteiger partial charge in [-0.2, -0.15) is 0 Å². The molecule has 16 heavy (non-hydrogen) atoms. The highest BCUT2D eigenvalue weighted by atomic mass is 14.8. The van der Waals surface area contributed by atoms with Gasteiger partial charge in [0.2, 0.25) is 0 Å². The van der Waals surface area contributed by atoms with E-state index in [4.69, 9.17) is 0 Å². The Kier molecular flexibility index (Phi) is 24.4. The summed E-state index contributed by atoms with van der Waals surface area (Å²) < 4.78 is 0. The Balaban J connectivity index is -0.000000376. The Morgan fingerprint density at radius 2 is 1.62 bits per heavy atom. The van der Waals surface area contributed by atoms with Crippen molar-refractivity contribution in [3.8, 4) is 0 Å². The highest BCUT2D eigenvalue weighted by Crippen LogP contribution is 2.08. The lowest BCUT2D eigenvalue weighted by Crippen LogP contribution is -2.05. The van der Waals surface area contributed by atoms with Crippen molar-refractivity contribution < 1.29 is 0 Å². The molecule has 0 rings (SSSR count). The minimum Gasteiger partial charge on any atom is -0.388 e. The maximum Gasteiger partial charge on any atom is 0.0369 e. The highest BCUT2D eigenvalue weighted by Gasteiger charge is 1.94. The van der Waals surface area contributed by atoms with Crippen LogP contribution < -0.4 is 5.32 Å². The summed E-state index contributed by atoms with van der Waals surface area (Å²) in [7, 11) is 1.90. The van der Waals surface area contributed by atoms with E-state index in [-0.39, 0.29) is 0 Å². The minimum atomic E-state index is 0.987. The highest BCUT2D eigenvalue weighted by molar-refractivity contribution is 5.31. The lowest BCUT2D eigenvalue weighted by Gasteiger charge is -2.05. The molecular weight excluding hydrogens is 194 g/mol. The Morgan fingerprint density at radius 3 is 1.88 bits per heavy atom. The summed E-state index contributed by atoms with van der Waals surface area (Å²) in [6.07, 6.45) is 8.52. The molecule has 0 aromatic rings. The van der Waals surface area contributed by atoms with Gasteiger partial charge < -0.3 is 5.32 Å². The SMILES string of the molecule is C=C/C=C\C(NC)=C(/C=C)CC.CC.CC. The van der Waals surface area contributed by atoms with Gasteiger partial charge in [-0.15, -0.1) is 0 Å². The third-order valence-corrected chi connectivity index (χ3v) is 1.64. The van der Waals surface area contributed by atoms with Gasteiger partial charge in [-0.1, -0.05) is 66.0 Å². The summed E-state index contributed by atoms with van der Waals surface area (Å²) in [5.41, 5.74) is 2.32. The molecule has 0 unspecified atom stereocenters. The van der Waals surface area contributed by atoms with Crippen LogP contribution >= 0.6 is 0 Å². The van der Waals surface area contributed by atoms with Crippen LogP contribution in [0.25, 0.3) is 0 Å². The average molecular weight is 223 g/mol. The van der Waals surface area contributed by atoms with Crippen LogP contribution in [0.15, 0.2) is 48.7 Å². The quantitative estimate of drug-likeness (QED) is 0.657. The zero-order chi connectivity index (χ0) is 13.4. The van der Waals surface area contributed by atoms with Crippen LogP contribution in [-0.4, -0.2) is 7.05 Å². The van der Waals surface area contributed by atoms with Gasteiger partial charge in [-0.05, 0) is 18.1 Å². The Bertz CT molecular complexity index is 209. The number of likely N-dealkylation sites (N-methyl/N-ethyl adjacent to an activating group) is 1. The first-order chi connectivity index (χ1) is 7.79. The molecule has 0 bridgehead atoms. The molecule has 1 heteroatoms. The van der Waals surface area contributed by atoms with Gasteiger partial charge in [0.25, 0.3) is 0 Å². The van der Waals surface area contributed by atoms with Crippen molar-refractivity contribution >= 4 is 0 Å². The van der Waals surface area contributed by atoms with Gasteiger partial charge in [-0.3, -0.25) is 0 Å². The van der Waals surface area contributed by atoms with E-state index in [2.05, 4.69) is 25.4 Å². The summed E-state index contributed by atoms with van der Waals surface area (Å²) >= 11 is 0. The molecule has 0 saturated carbocycles. The molecule has 0 saturated heterocycles. The number of hydrogen-bond acceptors (Lipinski definition) is 1. The van der Waals surface area contributed by atoms with Crippen molar-refractivity contribution in [3.63, 3.8) is 0 Å². The molecule has 1 nitrogen and oxygen atoms in total. The largest absolute Gasteiger partial charge is 0.388 e. The van der Waals surface area contributed by atoms with E-state index in [1.165, 1.54) is 5.57 Å². The molecule has 0 aliphatic rings. The molecule has 0 atom stereocenters. The summed E-state index contributed by atoms with van der Waals surface area (Å²) in [4.78, 5) is 0. The standard InChI is InChI=1S/C11H17N.2C2H6/c1-5-8-9-11(12-4)10(6-2)7-3;2*1-2/h5-6,8-9,12H,1-2,7H2,3-4H3;2*1-2H3/b9-8-,11-10-;;. The molecule has 0 amide bonds. The minimum absolute atomic E-state index is 0.987. The smallest absolute Gasteiger partial charge is 0.0369 e. The van der Waals surface area contributed by atoms with Crippen molar-refractivity contribution in [2.75, 3.05) is 7.05 Å². The van der Waals surface area contributed by atoms with Crippen molar-refractivity contribution in [1.29, 1.82) is 0 Å². The number of rotatable bonds is 5. The first kappa shape index (κ1) is 20.2. The van der Waals surface area contributed by atoms with Crippen LogP contribution in [-0.2, 0) is 0 Å². The lowest BCUT2D eigenvalue weighted by molar-refractivity contribution is 0.978. The summed E-state index contributed by atoms with van der Waals surface area (Å²) in [5, 5.41) is 3.11. The van der Waals surface area contributed by atoms with E-state index >= 15 is 0 Å². The van der Waals surface area contributed by atoms with Crippen molar-refractivity contribution in [2.24, 2.45) is 0 Å². The third-order valence-electron chi connectivity index (χ3n) is 1.64. The normalized spacial score (nSPS) is 10.1. The van der Waals surface area contributed by atoms with E-state index in [1.807, 2.05) is 53.0 Å². The van der Waals surface area contributed by atoms with E-state index in [0.29, 0.717) is 0 Å². The summed E-state index contributed by atoms with van der Waals surface area (Å²) in [6.45, 7) is 17.5. The molecule has 0 aromatic heterocycles. The zero-order valence-corrected chi connectivity index (χ0v) is 11.9. The second kappa shape index (κ2) is 19.4. The van der Waals surface area contributed by atoms with Gasteiger partial charge in [0.05, 0.1) is 0 Å². The van der Waals surface area contributed by atoms with Crippen LogP contribution in [0.5, 0.6) is 0 Å². The van der Waals surface area contributed by atoms with Gasteiger partial charge in [-0.25, -0.2) is 0 Å².